The molecule has 17 heavy (non-hydrogen) atoms. The number of nitrogens with zero attached hydrogens (tertiary/aromatic N) is 3. The fourth-order valence-corrected chi connectivity index (χ4v) is 2.55. The second-order valence-electron chi connectivity index (χ2n) is 5.13. The lowest BCUT2D eigenvalue weighted by atomic mass is 9.86. The Morgan fingerprint density at radius 2 is 2.06 bits per heavy atom. The van der Waals surface area contributed by atoms with Crippen molar-refractivity contribution < 1.29 is 0 Å². The minimum absolute atomic E-state index is 0.504. The van der Waals surface area contributed by atoms with Gasteiger partial charge in [0.05, 0.1) is 0 Å². The molecule has 0 amide bonds. The molecular formula is C13H22N4. The molecule has 4 heteroatoms. The Morgan fingerprint density at radius 3 is 2.65 bits per heavy atom. The Balaban J connectivity index is 2.04. The van der Waals surface area contributed by atoms with Crippen molar-refractivity contribution in [2.45, 2.75) is 45.2 Å². The van der Waals surface area contributed by atoms with Crippen molar-refractivity contribution in [1.29, 1.82) is 0 Å². The fourth-order valence-electron chi connectivity index (χ4n) is 2.55. The average molecular weight is 234 g/mol. The van der Waals surface area contributed by atoms with Crippen LogP contribution in [0, 0.1) is 5.92 Å². The summed E-state index contributed by atoms with van der Waals surface area (Å²) in [4.78, 5) is 11.0. The molecule has 2 unspecified atom stereocenters. The van der Waals surface area contributed by atoms with Crippen LogP contribution in [-0.2, 0) is 6.54 Å². The third-order valence-electron chi connectivity index (χ3n) is 3.70. The second kappa shape index (κ2) is 5.45. The van der Waals surface area contributed by atoms with E-state index in [0.717, 1.165) is 17.4 Å². The van der Waals surface area contributed by atoms with Crippen LogP contribution < -0.4 is 10.6 Å². The Hall–Kier alpha value is -1.16. The van der Waals surface area contributed by atoms with Gasteiger partial charge < -0.3 is 10.6 Å². The lowest BCUT2D eigenvalue weighted by molar-refractivity contribution is 0.334. The number of hydrogen-bond acceptors (Lipinski definition) is 4. The summed E-state index contributed by atoms with van der Waals surface area (Å²) in [6.45, 7) is 2.84. The monoisotopic (exact) mass is 234 g/mol. The lowest BCUT2D eigenvalue weighted by Gasteiger charge is -2.34. The summed E-state index contributed by atoms with van der Waals surface area (Å²) < 4.78 is 0. The molecule has 1 aliphatic rings. The molecule has 2 atom stereocenters. The molecule has 1 aromatic heterocycles. The summed E-state index contributed by atoms with van der Waals surface area (Å²) >= 11 is 0. The number of nitrogens with two attached hydrogens (primary N) is 1. The van der Waals surface area contributed by atoms with E-state index in [9.17, 15) is 0 Å². The SMILES string of the molecule is CC1CCCC(N(C)c2ncc(CN)cn2)C1. The Bertz CT molecular complexity index is 349. The van der Waals surface area contributed by atoms with Gasteiger partial charge in [-0.05, 0) is 18.8 Å². The average Bonchev–Trinajstić information content (AvgIpc) is 2.38. The molecule has 0 aromatic carbocycles. The molecule has 94 valence electrons. The molecule has 1 saturated carbocycles. The summed E-state index contributed by atoms with van der Waals surface area (Å²) in [6.07, 6.45) is 8.83. The maximum atomic E-state index is 5.54. The van der Waals surface area contributed by atoms with Crippen LogP contribution in [-0.4, -0.2) is 23.1 Å². The number of aromatic nitrogens is 2. The summed E-state index contributed by atoms with van der Waals surface area (Å²) in [5.41, 5.74) is 6.53. The summed E-state index contributed by atoms with van der Waals surface area (Å²) in [6, 6.07) is 0.586. The van der Waals surface area contributed by atoms with Crippen molar-refractivity contribution in [2.24, 2.45) is 11.7 Å². The van der Waals surface area contributed by atoms with Crippen LogP contribution >= 0.6 is 0 Å². The number of hydrogen-bond donors (Lipinski definition) is 1. The Labute approximate surface area is 103 Å². The van der Waals surface area contributed by atoms with E-state index in [1.165, 1.54) is 25.7 Å². The molecule has 2 N–H and O–H groups in total. The van der Waals surface area contributed by atoms with Crippen molar-refractivity contribution in [3.05, 3.63) is 18.0 Å². The highest BCUT2D eigenvalue weighted by Gasteiger charge is 2.23. The summed E-state index contributed by atoms with van der Waals surface area (Å²) in [7, 11) is 2.10. The van der Waals surface area contributed by atoms with Crippen molar-refractivity contribution >= 4 is 5.95 Å². The molecule has 0 radical (unpaired) electrons. The quantitative estimate of drug-likeness (QED) is 0.868. The highest BCUT2D eigenvalue weighted by Crippen LogP contribution is 2.28. The molecular weight excluding hydrogens is 212 g/mol. The van der Waals surface area contributed by atoms with Crippen LogP contribution in [0.3, 0.4) is 0 Å². The van der Waals surface area contributed by atoms with Crippen molar-refractivity contribution in [2.75, 3.05) is 11.9 Å². The Kier molecular flexibility index (Phi) is 3.94. The molecule has 1 aromatic rings. The predicted molar refractivity (Wildman–Crippen MR) is 69.7 cm³/mol. The molecule has 1 fully saturated rings. The van der Waals surface area contributed by atoms with E-state index in [0.29, 0.717) is 12.6 Å². The van der Waals surface area contributed by atoms with Gasteiger partial charge in [-0.2, -0.15) is 0 Å². The highest BCUT2D eigenvalue weighted by atomic mass is 15.2. The molecule has 0 spiro atoms. The molecule has 0 saturated heterocycles. The van der Waals surface area contributed by atoms with Crippen LogP contribution in [0.1, 0.15) is 38.2 Å². The zero-order chi connectivity index (χ0) is 12.3. The Morgan fingerprint density at radius 1 is 1.35 bits per heavy atom. The van der Waals surface area contributed by atoms with E-state index < -0.39 is 0 Å². The van der Waals surface area contributed by atoms with E-state index >= 15 is 0 Å². The van der Waals surface area contributed by atoms with Gasteiger partial charge in [0.25, 0.3) is 0 Å². The molecule has 2 rings (SSSR count). The summed E-state index contributed by atoms with van der Waals surface area (Å²) in [5.74, 6) is 1.64. The van der Waals surface area contributed by atoms with Crippen LogP contribution in [0.25, 0.3) is 0 Å². The molecule has 0 bridgehead atoms. The zero-order valence-corrected chi connectivity index (χ0v) is 10.8. The minimum Gasteiger partial charge on any atom is -0.341 e. The van der Waals surface area contributed by atoms with Crippen molar-refractivity contribution in [1.82, 2.24) is 9.97 Å². The van der Waals surface area contributed by atoms with E-state index in [2.05, 4.69) is 28.8 Å². The van der Waals surface area contributed by atoms with Crippen molar-refractivity contribution in [3.8, 4) is 0 Å². The van der Waals surface area contributed by atoms with E-state index in [-0.39, 0.29) is 0 Å². The predicted octanol–water partition coefficient (Wildman–Crippen LogP) is 1.95. The van der Waals surface area contributed by atoms with Gasteiger partial charge >= 0.3 is 0 Å². The third-order valence-corrected chi connectivity index (χ3v) is 3.70. The molecule has 1 aliphatic carbocycles. The van der Waals surface area contributed by atoms with Gasteiger partial charge in [-0.25, -0.2) is 9.97 Å². The smallest absolute Gasteiger partial charge is 0.225 e. The topological polar surface area (TPSA) is 55.0 Å². The number of rotatable bonds is 3. The molecule has 1 heterocycles. The van der Waals surface area contributed by atoms with Gasteiger partial charge in [-0.1, -0.05) is 19.8 Å². The first-order valence-electron chi connectivity index (χ1n) is 6.44. The van der Waals surface area contributed by atoms with Crippen LogP contribution in [0.5, 0.6) is 0 Å². The van der Waals surface area contributed by atoms with Gasteiger partial charge in [0.15, 0.2) is 0 Å². The van der Waals surface area contributed by atoms with Crippen LogP contribution in [0.2, 0.25) is 0 Å². The first-order chi connectivity index (χ1) is 8.20. The third kappa shape index (κ3) is 2.94. The van der Waals surface area contributed by atoms with E-state index in [1.54, 1.807) is 0 Å². The second-order valence-corrected chi connectivity index (χ2v) is 5.13. The van der Waals surface area contributed by atoms with E-state index in [4.69, 9.17) is 5.73 Å². The van der Waals surface area contributed by atoms with Gasteiger partial charge in [0.1, 0.15) is 0 Å². The van der Waals surface area contributed by atoms with Gasteiger partial charge in [0, 0.05) is 37.6 Å². The van der Waals surface area contributed by atoms with Crippen molar-refractivity contribution in [3.63, 3.8) is 0 Å². The lowest BCUT2D eigenvalue weighted by Crippen LogP contribution is -2.36. The van der Waals surface area contributed by atoms with Gasteiger partial charge in [-0.3, -0.25) is 0 Å². The maximum Gasteiger partial charge on any atom is 0.225 e. The van der Waals surface area contributed by atoms with Crippen LogP contribution in [0.15, 0.2) is 12.4 Å². The van der Waals surface area contributed by atoms with Gasteiger partial charge in [0.2, 0.25) is 5.95 Å². The highest BCUT2D eigenvalue weighted by molar-refractivity contribution is 5.30. The first kappa shape index (κ1) is 12.3. The van der Waals surface area contributed by atoms with Crippen LogP contribution in [0.4, 0.5) is 5.95 Å². The standard InChI is InChI=1S/C13H22N4/c1-10-4-3-5-12(6-10)17(2)13-15-8-11(7-14)9-16-13/h8-10,12H,3-7,14H2,1-2H3. The summed E-state index contributed by atoms with van der Waals surface area (Å²) in [5, 5.41) is 0. The first-order valence-corrected chi connectivity index (χ1v) is 6.44. The van der Waals surface area contributed by atoms with E-state index in [1.807, 2.05) is 12.4 Å². The van der Waals surface area contributed by atoms with Gasteiger partial charge in [-0.15, -0.1) is 0 Å². The number of anilines is 1. The normalized spacial score (nSPS) is 24.6. The zero-order valence-electron chi connectivity index (χ0n) is 10.8. The largest absolute Gasteiger partial charge is 0.341 e. The maximum absolute atomic E-state index is 5.54. The minimum atomic E-state index is 0.504. The fraction of sp³-hybridized carbons (Fsp3) is 0.692. The molecule has 0 aliphatic heterocycles. The molecule has 4 nitrogen and oxygen atoms in total.